The third-order valence-electron chi connectivity index (χ3n) is 3.23. The molecule has 1 aliphatic heterocycles. The zero-order chi connectivity index (χ0) is 12.6. The summed E-state index contributed by atoms with van der Waals surface area (Å²) in [4.78, 5) is 17.4. The lowest BCUT2D eigenvalue weighted by Crippen LogP contribution is -2.28. The summed E-state index contributed by atoms with van der Waals surface area (Å²) in [5, 5.41) is 9.02. The van der Waals surface area contributed by atoms with Gasteiger partial charge in [0.1, 0.15) is 5.82 Å². The van der Waals surface area contributed by atoms with Gasteiger partial charge < -0.3 is 15.7 Å². The Labute approximate surface area is 100 Å². The molecule has 2 atom stereocenters. The van der Waals surface area contributed by atoms with Gasteiger partial charge >= 0.3 is 5.97 Å². The lowest BCUT2D eigenvalue weighted by Gasteiger charge is -2.23. The number of carboxylic acid groups (broad SMARTS) is 1. The Morgan fingerprint density at radius 2 is 2.29 bits per heavy atom. The average molecular weight is 235 g/mol. The van der Waals surface area contributed by atoms with Crippen LogP contribution in [0.2, 0.25) is 0 Å². The SMILES string of the molecule is CC1CC(C)N(c2cc(C(=O)O)c(N)cn2)C1. The number of aromatic carboxylic acids is 1. The van der Waals surface area contributed by atoms with Gasteiger partial charge in [0.15, 0.2) is 0 Å². The molecule has 5 heteroatoms. The molecule has 2 unspecified atom stereocenters. The molecule has 1 fully saturated rings. The summed E-state index contributed by atoms with van der Waals surface area (Å²) in [5.74, 6) is 0.303. The van der Waals surface area contributed by atoms with Gasteiger partial charge in [0, 0.05) is 12.6 Å². The molecule has 0 saturated carbocycles. The summed E-state index contributed by atoms with van der Waals surface area (Å²) in [7, 11) is 0. The molecular weight excluding hydrogens is 218 g/mol. The predicted octanol–water partition coefficient (Wildman–Crippen LogP) is 1.60. The molecule has 92 valence electrons. The summed E-state index contributed by atoms with van der Waals surface area (Å²) in [6, 6.07) is 1.95. The van der Waals surface area contributed by atoms with Crippen LogP contribution in [0, 0.1) is 5.92 Å². The number of carbonyl (C=O) groups is 1. The second-order valence-electron chi connectivity index (χ2n) is 4.78. The van der Waals surface area contributed by atoms with E-state index in [0.717, 1.165) is 13.0 Å². The van der Waals surface area contributed by atoms with Gasteiger partial charge in [-0.3, -0.25) is 0 Å². The lowest BCUT2D eigenvalue weighted by molar-refractivity contribution is 0.0698. The van der Waals surface area contributed by atoms with E-state index in [4.69, 9.17) is 10.8 Å². The van der Waals surface area contributed by atoms with Crippen LogP contribution in [0.4, 0.5) is 11.5 Å². The molecule has 2 rings (SSSR count). The maximum atomic E-state index is 11.0. The number of hydrogen-bond acceptors (Lipinski definition) is 4. The van der Waals surface area contributed by atoms with Crippen LogP contribution in [-0.4, -0.2) is 28.6 Å². The van der Waals surface area contributed by atoms with Gasteiger partial charge in [-0.05, 0) is 25.3 Å². The number of nitrogens with zero attached hydrogens (tertiary/aromatic N) is 2. The minimum Gasteiger partial charge on any atom is -0.478 e. The lowest BCUT2D eigenvalue weighted by atomic mass is 10.1. The molecule has 1 aromatic heterocycles. The van der Waals surface area contributed by atoms with Crippen molar-refractivity contribution in [2.75, 3.05) is 17.2 Å². The largest absolute Gasteiger partial charge is 0.478 e. The van der Waals surface area contributed by atoms with Crippen LogP contribution in [0.25, 0.3) is 0 Å². The van der Waals surface area contributed by atoms with E-state index < -0.39 is 5.97 Å². The van der Waals surface area contributed by atoms with E-state index in [1.807, 2.05) is 0 Å². The second kappa shape index (κ2) is 4.24. The Bertz CT molecular complexity index is 447. The molecule has 1 saturated heterocycles. The zero-order valence-corrected chi connectivity index (χ0v) is 10.1. The Balaban J connectivity index is 2.34. The quantitative estimate of drug-likeness (QED) is 0.813. The van der Waals surface area contributed by atoms with Gasteiger partial charge in [0.05, 0.1) is 17.4 Å². The first-order valence-electron chi connectivity index (χ1n) is 5.74. The number of carboxylic acids is 1. The van der Waals surface area contributed by atoms with E-state index in [9.17, 15) is 4.79 Å². The monoisotopic (exact) mass is 235 g/mol. The third-order valence-corrected chi connectivity index (χ3v) is 3.23. The van der Waals surface area contributed by atoms with Crippen LogP contribution in [0.1, 0.15) is 30.6 Å². The van der Waals surface area contributed by atoms with E-state index in [1.165, 1.54) is 6.20 Å². The molecule has 0 amide bonds. The maximum absolute atomic E-state index is 11.0. The summed E-state index contributed by atoms with van der Waals surface area (Å²) < 4.78 is 0. The molecule has 3 N–H and O–H groups in total. The van der Waals surface area contributed by atoms with Crippen molar-refractivity contribution in [2.24, 2.45) is 5.92 Å². The van der Waals surface area contributed by atoms with Crippen LogP contribution >= 0.6 is 0 Å². The predicted molar refractivity (Wildman–Crippen MR) is 66.2 cm³/mol. The van der Waals surface area contributed by atoms with Crippen LogP contribution in [0.5, 0.6) is 0 Å². The van der Waals surface area contributed by atoms with E-state index in [1.54, 1.807) is 6.07 Å². The Hall–Kier alpha value is -1.78. The average Bonchev–Trinajstić information content (AvgIpc) is 2.58. The Kier molecular flexibility index (Phi) is 2.92. The van der Waals surface area contributed by atoms with Gasteiger partial charge in [-0.15, -0.1) is 0 Å². The molecule has 0 spiro atoms. The second-order valence-corrected chi connectivity index (χ2v) is 4.78. The molecule has 0 bridgehead atoms. The first-order chi connectivity index (χ1) is 7.99. The van der Waals surface area contributed by atoms with Crippen LogP contribution in [-0.2, 0) is 0 Å². The molecule has 2 heterocycles. The number of rotatable bonds is 2. The maximum Gasteiger partial charge on any atom is 0.337 e. The van der Waals surface area contributed by atoms with Crippen molar-refractivity contribution in [3.63, 3.8) is 0 Å². The molecule has 0 aliphatic carbocycles. The minimum atomic E-state index is -1.01. The molecule has 1 aliphatic rings. The van der Waals surface area contributed by atoms with Crippen molar-refractivity contribution in [1.29, 1.82) is 0 Å². The van der Waals surface area contributed by atoms with Crippen LogP contribution < -0.4 is 10.6 Å². The first kappa shape index (κ1) is 11.7. The smallest absolute Gasteiger partial charge is 0.337 e. The van der Waals surface area contributed by atoms with E-state index >= 15 is 0 Å². The molecule has 5 nitrogen and oxygen atoms in total. The summed E-state index contributed by atoms with van der Waals surface area (Å²) in [6.45, 7) is 5.23. The van der Waals surface area contributed by atoms with Gasteiger partial charge in [-0.1, -0.05) is 6.92 Å². The van der Waals surface area contributed by atoms with E-state index in [-0.39, 0.29) is 11.3 Å². The number of hydrogen-bond donors (Lipinski definition) is 2. The van der Waals surface area contributed by atoms with Gasteiger partial charge in [0.25, 0.3) is 0 Å². The van der Waals surface area contributed by atoms with Crippen molar-refractivity contribution >= 4 is 17.5 Å². The highest BCUT2D eigenvalue weighted by Crippen LogP contribution is 2.28. The van der Waals surface area contributed by atoms with Crippen LogP contribution in [0.3, 0.4) is 0 Å². The van der Waals surface area contributed by atoms with E-state index in [0.29, 0.717) is 17.8 Å². The highest BCUT2D eigenvalue weighted by Gasteiger charge is 2.27. The van der Waals surface area contributed by atoms with Crippen molar-refractivity contribution in [2.45, 2.75) is 26.3 Å². The zero-order valence-electron chi connectivity index (χ0n) is 10.1. The van der Waals surface area contributed by atoms with Gasteiger partial charge in [-0.25, -0.2) is 9.78 Å². The highest BCUT2D eigenvalue weighted by molar-refractivity contribution is 5.94. The van der Waals surface area contributed by atoms with Crippen LogP contribution in [0.15, 0.2) is 12.3 Å². The summed E-state index contributed by atoms with van der Waals surface area (Å²) >= 11 is 0. The number of aromatic nitrogens is 1. The molecular formula is C12H17N3O2. The molecule has 1 aromatic rings. The van der Waals surface area contributed by atoms with Crippen molar-refractivity contribution in [3.8, 4) is 0 Å². The number of anilines is 2. The Morgan fingerprint density at radius 1 is 1.59 bits per heavy atom. The topological polar surface area (TPSA) is 79.5 Å². The fourth-order valence-electron chi connectivity index (χ4n) is 2.42. The van der Waals surface area contributed by atoms with Crippen molar-refractivity contribution in [1.82, 2.24) is 4.98 Å². The fourth-order valence-corrected chi connectivity index (χ4v) is 2.42. The van der Waals surface area contributed by atoms with Gasteiger partial charge in [0.2, 0.25) is 0 Å². The number of pyridine rings is 1. The standard InChI is InChI=1S/C12H17N3O2/c1-7-3-8(2)15(6-7)11-4-9(12(16)17)10(13)5-14-11/h4-5,7-8H,3,6,13H2,1-2H3,(H,16,17). The van der Waals surface area contributed by atoms with Crippen molar-refractivity contribution < 1.29 is 9.90 Å². The summed E-state index contributed by atoms with van der Waals surface area (Å²) in [6.07, 6.45) is 2.53. The number of nitrogen functional groups attached to an aromatic ring is 1. The molecule has 17 heavy (non-hydrogen) atoms. The Morgan fingerprint density at radius 3 is 2.82 bits per heavy atom. The molecule has 0 aromatic carbocycles. The van der Waals surface area contributed by atoms with Crippen molar-refractivity contribution in [3.05, 3.63) is 17.8 Å². The minimum absolute atomic E-state index is 0.127. The normalized spacial score (nSPS) is 24.0. The summed E-state index contributed by atoms with van der Waals surface area (Å²) in [5.41, 5.74) is 5.93. The van der Waals surface area contributed by atoms with Gasteiger partial charge in [-0.2, -0.15) is 0 Å². The third kappa shape index (κ3) is 2.18. The first-order valence-corrected chi connectivity index (χ1v) is 5.74. The number of nitrogens with two attached hydrogens (primary N) is 1. The fraction of sp³-hybridized carbons (Fsp3) is 0.500. The van der Waals surface area contributed by atoms with E-state index in [2.05, 4.69) is 23.7 Å². The molecule has 0 radical (unpaired) electrons. The highest BCUT2D eigenvalue weighted by atomic mass is 16.4.